The molecular formula is C16H28ClN3O2. The molecule has 0 aliphatic heterocycles. The second-order valence-corrected chi connectivity index (χ2v) is 5.47. The van der Waals surface area contributed by atoms with Crippen molar-refractivity contribution in [1.82, 2.24) is 10.3 Å². The maximum absolute atomic E-state index is 11.9. The van der Waals surface area contributed by atoms with Crippen LogP contribution in [0.3, 0.4) is 0 Å². The average molecular weight is 330 g/mol. The Morgan fingerprint density at radius 3 is 2.64 bits per heavy atom. The molecule has 1 aromatic heterocycles. The lowest BCUT2D eigenvalue weighted by Gasteiger charge is -2.18. The van der Waals surface area contributed by atoms with Crippen LogP contribution in [-0.2, 0) is 11.3 Å². The van der Waals surface area contributed by atoms with Crippen LogP contribution in [0, 0.1) is 5.92 Å². The highest BCUT2D eigenvalue weighted by atomic mass is 35.5. The van der Waals surface area contributed by atoms with Gasteiger partial charge in [-0.1, -0.05) is 27.2 Å². The normalized spacial score (nSPS) is 14.4. The van der Waals surface area contributed by atoms with Crippen molar-refractivity contribution in [3.63, 3.8) is 0 Å². The Morgan fingerprint density at radius 2 is 2.05 bits per heavy atom. The Balaban J connectivity index is 0.00000441. The molecule has 126 valence electrons. The summed E-state index contributed by atoms with van der Waals surface area (Å²) in [6.07, 6.45) is 3.62. The molecule has 1 heterocycles. The summed E-state index contributed by atoms with van der Waals surface area (Å²) < 4.78 is 5.67. The second-order valence-electron chi connectivity index (χ2n) is 5.47. The van der Waals surface area contributed by atoms with Crippen molar-refractivity contribution in [3.8, 4) is 5.88 Å². The highest BCUT2D eigenvalue weighted by Crippen LogP contribution is 2.12. The van der Waals surface area contributed by atoms with Crippen LogP contribution in [0.5, 0.6) is 5.88 Å². The van der Waals surface area contributed by atoms with Gasteiger partial charge in [-0.25, -0.2) is 4.98 Å². The van der Waals surface area contributed by atoms with E-state index in [1.54, 1.807) is 6.20 Å². The van der Waals surface area contributed by atoms with E-state index in [0.717, 1.165) is 18.4 Å². The maximum atomic E-state index is 11.9. The Hall–Kier alpha value is -1.33. The fourth-order valence-electron chi connectivity index (χ4n) is 1.73. The van der Waals surface area contributed by atoms with Gasteiger partial charge in [-0.15, -0.1) is 12.4 Å². The van der Waals surface area contributed by atoms with Crippen molar-refractivity contribution < 1.29 is 9.53 Å². The predicted molar refractivity (Wildman–Crippen MR) is 91.1 cm³/mol. The third-order valence-corrected chi connectivity index (χ3v) is 3.72. The maximum Gasteiger partial charge on any atom is 0.237 e. The second kappa shape index (κ2) is 10.4. The van der Waals surface area contributed by atoms with E-state index in [1.165, 1.54) is 0 Å². The number of nitrogens with zero attached hydrogens (tertiary/aromatic N) is 1. The number of hydrogen-bond donors (Lipinski definition) is 2. The zero-order chi connectivity index (χ0) is 15.8. The predicted octanol–water partition coefficient (Wildman–Crippen LogP) is 2.67. The first-order valence-electron chi connectivity index (χ1n) is 7.62. The summed E-state index contributed by atoms with van der Waals surface area (Å²) in [5, 5.41) is 2.86. The van der Waals surface area contributed by atoms with E-state index in [-0.39, 0.29) is 30.3 Å². The minimum atomic E-state index is -0.465. The largest absolute Gasteiger partial charge is 0.475 e. The van der Waals surface area contributed by atoms with Gasteiger partial charge >= 0.3 is 0 Å². The van der Waals surface area contributed by atoms with Crippen LogP contribution in [0.25, 0.3) is 0 Å². The van der Waals surface area contributed by atoms with Crippen LogP contribution in [0.1, 0.15) is 46.1 Å². The summed E-state index contributed by atoms with van der Waals surface area (Å²) in [5.74, 6) is 0.639. The molecule has 0 aliphatic rings. The van der Waals surface area contributed by atoms with Crippen LogP contribution in [0.4, 0.5) is 0 Å². The van der Waals surface area contributed by atoms with Crippen LogP contribution < -0.4 is 15.8 Å². The van der Waals surface area contributed by atoms with Crippen LogP contribution >= 0.6 is 12.4 Å². The molecule has 3 unspecified atom stereocenters. The zero-order valence-electron chi connectivity index (χ0n) is 13.8. The first-order chi connectivity index (χ1) is 9.97. The molecule has 0 aliphatic carbocycles. The number of ether oxygens (including phenoxy) is 1. The molecule has 5 nitrogen and oxygen atoms in total. The summed E-state index contributed by atoms with van der Waals surface area (Å²) in [7, 11) is 0. The van der Waals surface area contributed by atoms with Crippen molar-refractivity contribution >= 4 is 18.3 Å². The number of nitrogens with two attached hydrogens (primary N) is 1. The lowest BCUT2D eigenvalue weighted by Crippen LogP contribution is -2.44. The van der Waals surface area contributed by atoms with E-state index in [2.05, 4.69) is 17.2 Å². The van der Waals surface area contributed by atoms with Crippen LogP contribution in [-0.4, -0.2) is 23.0 Å². The first kappa shape index (κ1) is 20.7. The molecule has 0 fully saturated rings. The van der Waals surface area contributed by atoms with E-state index in [9.17, 15) is 4.79 Å². The van der Waals surface area contributed by atoms with Crippen LogP contribution in [0.15, 0.2) is 18.3 Å². The van der Waals surface area contributed by atoms with Gasteiger partial charge in [-0.05, 0) is 30.9 Å². The zero-order valence-corrected chi connectivity index (χ0v) is 14.7. The molecule has 6 heteroatoms. The van der Waals surface area contributed by atoms with Gasteiger partial charge in [0, 0.05) is 18.8 Å². The van der Waals surface area contributed by atoms with Crippen molar-refractivity contribution in [3.05, 3.63) is 23.9 Å². The number of halogens is 1. The summed E-state index contributed by atoms with van der Waals surface area (Å²) in [4.78, 5) is 16.1. The quantitative estimate of drug-likeness (QED) is 0.768. The Bertz CT molecular complexity index is 457. The topological polar surface area (TPSA) is 77.2 Å². The summed E-state index contributed by atoms with van der Waals surface area (Å²) in [6.45, 7) is 8.50. The Labute approximate surface area is 139 Å². The molecule has 0 bridgehead atoms. The third kappa shape index (κ3) is 6.62. The minimum Gasteiger partial charge on any atom is -0.475 e. The number of hydrogen-bond acceptors (Lipinski definition) is 4. The molecule has 22 heavy (non-hydrogen) atoms. The fraction of sp³-hybridized carbons (Fsp3) is 0.625. The van der Waals surface area contributed by atoms with Crippen molar-refractivity contribution in [2.75, 3.05) is 0 Å². The molecule has 1 amide bonds. The third-order valence-electron chi connectivity index (χ3n) is 3.72. The van der Waals surface area contributed by atoms with E-state index >= 15 is 0 Å². The van der Waals surface area contributed by atoms with Crippen molar-refractivity contribution in [2.45, 2.75) is 59.2 Å². The van der Waals surface area contributed by atoms with E-state index < -0.39 is 6.04 Å². The lowest BCUT2D eigenvalue weighted by atomic mass is 9.99. The van der Waals surface area contributed by atoms with E-state index in [4.69, 9.17) is 10.5 Å². The molecule has 0 aromatic carbocycles. The van der Waals surface area contributed by atoms with Gasteiger partial charge in [0.05, 0.1) is 12.1 Å². The number of amides is 1. The highest BCUT2D eigenvalue weighted by Gasteiger charge is 2.18. The van der Waals surface area contributed by atoms with Crippen LogP contribution in [0.2, 0.25) is 0 Å². The number of rotatable bonds is 8. The summed E-state index contributed by atoms with van der Waals surface area (Å²) in [6, 6.07) is 3.24. The number of aromatic nitrogens is 1. The number of carbonyl (C=O) groups is 1. The Morgan fingerprint density at radius 1 is 1.36 bits per heavy atom. The molecule has 1 aromatic rings. The van der Waals surface area contributed by atoms with Gasteiger partial charge in [0.15, 0.2) is 0 Å². The molecule has 0 saturated carbocycles. The average Bonchev–Trinajstić information content (AvgIpc) is 2.51. The van der Waals surface area contributed by atoms with Crippen molar-refractivity contribution in [2.24, 2.45) is 11.7 Å². The minimum absolute atomic E-state index is 0. The number of carbonyl (C=O) groups excluding carboxylic acids is 1. The smallest absolute Gasteiger partial charge is 0.237 e. The molecular weight excluding hydrogens is 302 g/mol. The first-order valence-corrected chi connectivity index (χ1v) is 7.62. The van der Waals surface area contributed by atoms with Gasteiger partial charge in [0.25, 0.3) is 0 Å². The van der Waals surface area contributed by atoms with Gasteiger partial charge in [-0.3, -0.25) is 4.79 Å². The van der Waals surface area contributed by atoms with Crippen molar-refractivity contribution in [1.29, 1.82) is 0 Å². The van der Waals surface area contributed by atoms with Gasteiger partial charge in [-0.2, -0.15) is 0 Å². The standard InChI is InChI=1S/C16H27N3O2.ClH/c1-5-11(3)15(17)16(20)19-10-13-7-8-18-14(9-13)21-12(4)6-2;/h7-9,11-12,15H,5-6,10,17H2,1-4H3,(H,19,20);1H. The summed E-state index contributed by atoms with van der Waals surface area (Å²) >= 11 is 0. The summed E-state index contributed by atoms with van der Waals surface area (Å²) in [5.41, 5.74) is 6.85. The van der Waals surface area contributed by atoms with Gasteiger partial charge < -0.3 is 15.8 Å². The van der Waals surface area contributed by atoms with E-state index in [1.807, 2.05) is 32.9 Å². The fourth-order valence-corrected chi connectivity index (χ4v) is 1.73. The SMILES string of the molecule is CCC(C)Oc1cc(CNC(=O)C(N)C(C)CC)ccn1.Cl. The molecule has 0 radical (unpaired) electrons. The van der Waals surface area contributed by atoms with E-state index in [0.29, 0.717) is 12.4 Å². The molecule has 0 saturated heterocycles. The Kier molecular flexibility index (Phi) is 9.78. The molecule has 3 N–H and O–H groups in total. The lowest BCUT2D eigenvalue weighted by molar-refractivity contribution is -0.123. The number of pyridine rings is 1. The van der Waals surface area contributed by atoms with Gasteiger partial charge in [0.2, 0.25) is 11.8 Å². The highest BCUT2D eigenvalue weighted by molar-refractivity contribution is 5.85. The molecule has 3 atom stereocenters. The molecule has 1 rings (SSSR count). The monoisotopic (exact) mass is 329 g/mol. The number of nitrogens with one attached hydrogen (secondary N) is 1. The molecule has 0 spiro atoms. The van der Waals surface area contributed by atoms with Gasteiger partial charge in [0.1, 0.15) is 0 Å².